The van der Waals surface area contributed by atoms with Crippen molar-refractivity contribution >= 4 is 5.91 Å². The molecule has 4 nitrogen and oxygen atoms in total. The average Bonchev–Trinajstić information content (AvgIpc) is 2.62. The normalized spacial score (nSPS) is 36.5. The maximum Gasteiger partial charge on any atom is 0.237 e. The van der Waals surface area contributed by atoms with Gasteiger partial charge in [0.1, 0.15) is 0 Å². The monoisotopic (exact) mass is 198 g/mol. The van der Waals surface area contributed by atoms with Gasteiger partial charge in [-0.25, -0.2) is 0 Å². The van der Waals surface area contributed by atoms with E-state index in [1.807, 2.05) is 0 Å². The molecule has 0 spiro atoms. The molecule has 1 saturated carbocycles. The average molecular weight is 198 g/mol. The van der Waals surface area contributed by atoms with Gasteiger partial charge in [-0.15, -0.1) is 0 Å². The lowest BCUT2D eigenvalue weighted by molar-refractivity contribution is -0.123. The first kappa shape index (κ1) is 9.93. The number of amides is 1. The Balaban J connectivity index is 1.62. The molecule has 1 saturated heterocycles. The summed E-state index contributed by atoms with van der Waals surface area (Å²) in [5.74, 6) is 0.624. The third-order valence-corrected chi connectivity index (χ3v) is 3.15. The maximum absolute atomic E-state index is 11.5. The predicted octanol–water partition coefficient (Wildman–Crippen LogP) is -0.375. The fraction of sp³-hybridized carbons (Fsp3) is 0.900. The lowest BCUT2D eigenvalue weighted by Crippen LogP contribution is -2.44. The van der Waals surface area contributed by atoms with Crippen LogP contribution in [0, 0.1) is 5.92 Å². The molecule has 1 heterocycles. The van der Waals surface area contributed by atoms with Gasteiger partial charge in [-0.3, -0.25) is 4.79 Å². The highest BCUT2D eigenvalue weighted by Crippen LogP contribution is 2.26. The Bertz CT molecular complexity index is 208. The smallest absolute Gasteiger partial charge is 0.237 e. The Morgan fingerprint density at radius 3 is 2.86 bits per heavy atom. The van der Waals surface area contributed by atoms with Crippen molar-refractivity contribution in [2.75, 3.05) is 13.1 Å². The zero-order valence-electron chi connectivity index (χ0n) is 8.33. The lowest BCUT2D eigenvalue weighted by atomic mass is 9.82. The van der Waals surface area contributed by atoms with E-state index in [1.165, 1.54) is 0 Å². The minimum Gasteiger partial charge on any atom is -0.393 e. The third kappa shape index (κ3) is 2.25. The molecule has 1 aliphatic carbocycles. The van der Waals surface area contributed by atoms with E-state index in [1.54, 1.807) is 0 Å². The van der Waals surface area contributed by atoms with Crippen LogP contribution < -0.4 is 10.6 Å². The molecular formula is C10H18N2O2. The highest BCUT2D eigenvalue weighted by Gasteiger charge is 2.28. The Morgan fingerprint density at radius 1 is 1.50 bits per heavy atom. The van der Waals surface area contributed by atoms with Gasteiger partial charge in [0.2, 0.25) is 5.91 Å². The summed E-state index contributed by atoms with van der Waals surface area (Å²) in [6.45, 7) is 1.69. The van der Waals surface area contributed by atoms with Crippen LogP contribution in [0.3, 0.4) is 0 Å². The summed E-state index contributed by atoms with van der Waals surface area (Å²) in [6, 6.07) is 0.0278. The van der Waals surface area contributed by atoms with Crippen molar-refractivity contribution in [2.45, 2.75) is 37.8 Å². The van der Waals surface area contributed by atoms with Crippen molar-refractivity contribution in [1.29, 1.82) is 0 Å². The summed E-state index contributed by atoms with van der Waals surface area (Å²) < 4.78 is 0. The van der Waals surface area contributed by atoms with Gasteiger partial charge in [-0.2, -0.15) is 0 Å². The highest BCUT2D eigenvalue weighted by atomic mass is 16.3. The first-order chi connectivity index (χ1) is 6.75. The summed E-state index contributed by atoms with van der Waals surface area (Å²) in [5, 5.41) is 15.2. The molecular weight excluding hydrogens is 180 g/mol. The third-order valence-electron chi connectivity index (χ3n) is 3.15. The predicted molar refractivity (Wildman–Crippen MR) is 52.8 cm³/mol. The maximum atomic E-state index is 11.5. The van der Waals surface area contributed by atoms with Crippen LogP contribution in [0.2, 0.25) is 0 Å². The molecule has 80 valence electrons. The van der Waals surface area contributed by atoms with Gasteiger partial charge >= 0.3 is 0 Å². The zero-order chi connectivity index (χ0) is 9.97. The van der Waals surface area contributed by atoms with Crippen molar-refractivity contribution < 1.29 is 9.90 Å². The molecule has 0 aromatic heterocycles. The Kier molecular flexibility index (Phi) is 3.03. The Labute approximate surface area is 84.1 Å². The van der Waals surface area contributed by atoms with Gasteiger partial charge < -0.3 is 15.7 Å². The number of rotatable bonds is 3. The van der Waals surface area contributed by atoms with E-state index in [4.69, 9.17) is 5.11 Å². The highest BCUT2D eigenvalue weighted by molar-refractivity contribution is 5.81. The van der Waals surface area contributed by atoms with Crippen LogP contribution in [-0.4, -0.2) is 36.2 Å². The fourth-order valence-corrected chi connectivity index (χ4v) is 2.14. The SMILES string of the molecule is O=C(NCC1CC(O)C1)C1CCCN1. The van der Waals surface area contributed by atoms with Crippen LogP contribution in [0.5, 0.6) is 0 Å². The second-order valence-electron chi connectivity index (χ2n) is 4.39. The summed E-state index contributed by atoms with van der Waals surface area (Å²) >= 11 is 0. The minimum absolute atomic E-state index is 0.0278. The van der Waals surface area contributed by atoms with Gasteiger partial charge in [0.25, 0.3) is 0 Å². The van der Waals surface area contributed by atoms with Crippen LogP contribution in [0.25, 0.3) is 0 Å². The van der Waals surface area contributed by atoms with Gasteiger partial charge in [0.05, 0.1) is 12.1 Å². The summed E-state index contributed by atoms with van der Waals surface area (Å²) in [5.41, 5.74) is 0. The van der Waals surface area contributed by atoms with Crippen molar-refractivity contribution in [3.05, 3.63) is 0 Å². The topological polar surface area (TPSA) is 61.4 Å². The molecule has 2 fully saturated rings. The number of carbonyl (C=O) groups is 1. The number of aliphatic hydroxyl groups excluding tert-OH is 1. The first-order valence-corrected chi connectivity index (χ1v) is 5.45. The van der Waals surface area contributed by atoms with Gasteiger partial charge in [-0.05, 0) is 38.1 Å². The van der Waals surface area contributed by atoms with Crippen molar-refractivity contribution in [1.82, 2.24) is 10.6 Å². The summed E-state index contributed by atoms with van der Waals surface area (Å²) in [7, 11) is 0. The first-order valence-electron chi connectivity index (χ1n) is 5.45. The van der Waals surface area contributed by atoms with Crippen molar-refractivity contribution in [2.24, 2.45) is 5.92 Å². The van der Waals surface area contributed by atoms with E-state index in [9.17, 15) is 4.79 Å². The number of nitrogens with one attached hydrogen (secondary N) is 2. The molecule has 1 unspecified atom stereocenters. The molecule has 0 bridgehead atoms. The van der Waals surface area contributed by atoms with Gasteiger partial charge in [0, 0.05) is 6.54 Å². The fourth-order valence-electron chi connectivity index (χ4n) is 2.14. The molecule has 2 rings (SSSR count). The van der Waals surface area contributed by atoms with E-state index in [0.717, 1.165) is 38.8 Å². The zero-order valence-corrected chi connectivity index (χ0v) is 8.33. The summed E-state index contributed by atoms with van der Waals surface area (Å²) in [6.07, 6.45) is 3.62. The van der Waals surface area contributed by atoms with Crippen LogP contribution in [-0.2, 0) is 4.79 Å². The van der Waals surface area contributed by atoms with E-state index in [2.05, 4.69) is 10.6 Å². The van der Waals surface area contributed by atoms with E-state index in [-0.39, 0.29) is 18.1 Å². The number of carbonyl (C=O) groups excluding carboxylic acids is 1. The second-order valence-corrected chi connectivity index (χ2v) is 4.39. The van der Waals surface area contributed by atoms with Crippen LogP contribution in [0.15, 0.2) is 0 Å². The van der Waals surface area contributed by atoms with Gasteiger partial charge in [0.15, 0.2) is 0 Å². The molecule has 3 N–H and O–H groups in total. The van der Waals surface area contributed by atoms with Crippen molar-refractivity contribution in [3.63, 3.8) is 0 Å². The number of hydrogen-bond donors (Lipinski definition) is 3. The largest absolute Gasteiger partial charge is 0.393 e. The molecule has 4 heteroatoms. The Morgan fingerprint density at radius 2 is 2.29 bits per heavy atom. The Hall–Kier alpha value is -0.610. The minimum atomic E-state index is -0.124. The number of hydrogen-bond acceptors (Lipinski definition) is 3. The lowest BCUT2D eigenvalue weighted by Gasteiger charge is -2.31. The summed E-state index contributed by atoms with van der Waals surface area (Å²) in [4.78, 5) is 11.5. The van der Waals surface area contributed by atoms with Crippen molar-refractivity contribution in [3.8, 4) is 0 Å². The van der Waals surface area contributed by atoms with Crippen LogP contribution >= 0.6 is 0 Å². The molecule has 1 aliphatic heterocycles. The molecule has 0 aromatic carbocycles. The quantitative estimate of drug-likeness (QED) is 0.579. The standard InChI is InChI=1S/C10H18N2O2/c13-8-4-7(5-8)6-12-10(14)9-2-1-3-11-9/h7-9,11,13H,1-6H2,(H,12,14). The molecule has 0 radical (unpaired) electrons. The molecule has 2 aliphatic rings. The van der Waals surface area contributed by atoms with Crippen LogP contribution in [0.4, 0.5) is 0 Å². The number of aliphatic hydroxyl groups is 1. The molecule has 1 amide bonds. The molecule has 0 aromatic rings. The molecule has 1 atom stereocenters. The van der Waals surface area contributed by atoms with Gasteiger partial charge in [-0.1, -0.05) is 0 Å². The second kappa shape index (κ2) is 4.28. The van der Waals surface area contributed by atoms with E-state index in [0.29, 0.717) is 5.92 Å². The molecule has 14 heavy (non-hydrogen) atoms. The van der Waals surface area contributed by atoms with E-state index >= 15 is 0 Å². The van der Waals surface area contributed by atoms with E-state index < -0.39 is 0 Å². The van der Waals surface area contributed by atoms with Crippen LogP contribution in [0.1, 0.15) is 25.7 Å².